The van der Waals surface area contributed by atoms with Gasteiger partial charge in [0, 0.05) is 8.07 Å². The normalized spacial score (nSPS) is 24.9. The van der Waals surface area contributed by atoms with Gasteiger partial charge >= 0.3 is 0 Å². The second-order valence-electron chi connectivity index (χ2n) is 7.68. The molecule has 1 nitrogen and oxygen atoms in total. The van der Waals surface area contributed by atoms with Crippen LogP contribution in [-0.2, 0) is 0 Å². The first-order valence-corrected chi connectivity index (χ1v) is 12.1. The molecule has 1 atom stereocenters. The summed E-state index contributed by atoms with van der Waals surface area (Å²) in [5, 5.41) is 0. The highest BCUT2D eigenvalue weighted by Gasteiger charge is 2.50. The zero-order valence-corrected chi connectivity index (χ0v) is 15.0. The highest BCUT2D eigenvalue weighted by atomic mass is 28.3. The van der Waals surface area contributed by atoms with Crippen molar-refractivity contribution in [3.63, 3.8) is 0 Å². The summed E-state index contributed by atoms with van der Waals surface area (Å²) in [6.45, 7) is 10.9. The van der Waals surface area contributed by atoms with Gasteiger partial charge in [0.1, 0.15) is 0 Å². The average Bonchev–Trinajstić information content (AvgIpc) is 3.17. The van der Waals surface area contributed by atoms with Crippen LogP contribution in [-0.4, -0.2) is 32.8 Å². The highest BCUT2D eigenvalue weighted by Crippen LogP contribution is 2.48. The summed E-state index contributed by atoms with van der Waals surface area (Å²) in [6.07, 6.45) is 7.44. The lowest BCUT2D eigenvalue weighted by atomic mass is 9.53. The number of hydrogen-bond acceptors (Lipinski definition) is 1. The zero-order chi connectivity index (χ0) is 14.9. The quantitative estimate of drug-likeness (QED) is 0.754. The molecule has 0 spiro atoms. The van der Waals surface area contributed by atoms with Crippen molar-refractivity contribution in [3.05, 3.63) is 30.3 Å². The van der Waals surface area contributed by atoms with Crippen molar-refractivity contribution in [3.8, 4) is 0 Å². The molecule has 0 bridgehead atoms. The van der Waals surface area contributed by atoms with Crippen molar-refractivity contribution < 1.29 is 0 Å². The van der Waals surface area contributed by atoms with Gasteiger partial charge in [-0.2, -0.15) is 0 Å². The van der Waals surface area contributed by atoms with E-state index in [1.165, 1.54) is 45.2 Å². The molecule has 114 valence electrons. The van der Waals surface area contributed by atoms with E-state index >= 15 is 0 Å². The molecule has 0 N–H and O–H groups in total. The summed E-state index contributed by atoms with van der Waals surface area (Å²) in [6, 6.07) is 11.3. The Hall–Kier alpha value is -0.538. The molecule has 0 radical (unpaired) electrons. The van der Waals surface area contributed by atoms with E-state index in [1.807, 2.05) is 0 Å². The summed E-state index contributed by atoms with van der Waals surface area (Å²) in [4.78, 5) is 2.74. The van der Waals surface area contributed by atoms with E-state index in [-0.39, 0.29) is 0 Å². The van der Waals surface area contributed by atoms with Gasteiger partial charge < -0.3 is 4.81 Å². The second kappa shape index (κ2) is 6.29. The third-order valence-electron chi connectivity index (χ3n) is 6.41. The van der Waals surface area contributed by atoms with E-state index in [2.05, 4.69) is 55.2 Å². The Kier molecular flexibility index (Phi) is 4.60. The van der Waals surface area contributed by atoms with Crippen LogP contribution in [0.4, 0.5) is 0 Å². The van der Waals surface area contributed by atoms with Crippen LogP contribution in [0, 0.1) is 0 Å². The Morgan fingerprint density at radius 3 is 2.38 bits per heavy atom. The maximum Gasteiger partial charge on any atom is 0.258 e. The fraction of sp³-hybridized carbons (Fsp3) is 0.667. The number of nitrogens with zero attached hydrogens (tertiary/aromatic N) is 1. The van der Waals surface area contributed by atoms with Gasteiger partial charge in [0.05, 0.1) is 0 Å². The lowest BCUT2D eigenvalue weighted by Crippen LogP contribution is -2.53. The first-order valence-electron chi connectivity index (χ1n) is 8.93. The molecule has 1 unspecified atom stereocenters. The van der Waals surface area contributed by atoms with Crippen molar-refractivity contribution in [2.24, 2.45) is 0 Å². The van der Waals surface area contributed by atoms with E-state index in [1.54, 1.807) is 5.46 Å². The molecular weight excluding hydrogens is 269 g/mol. The Morgan fingerprint density at radius 1 is 1.10 bits per heavy atom. The topological polar surface area (TPSA) is 3.24 Å². The van der Waals surface area contributed by atoms with Gasteiger partial charge in [0.2, 0.25) is 0 Å². The summed E-state index contributed by atoms with van der Waals surface area (Å²) >= 11 is 0. The molecular formula is C18H30BNSi. The Bertz CT molecular complexity index is 456. The fourth-order valence-electron chi connectivity index (χ4n) is 5.06. The van der Waals surface area contributed by atoms with Crippen molar-refractivity contribution >= 4 is 20.4 Å². The summed E-state index contributed by atoms with van der Waals surface area (Å²) in [5.41, 5.74) is 3.59. The highest BCUT2D eigenvalue weighted by molar-refractivity contribution is 6.95. The molecule has 0 amide bonds. The standard InChI is InChI=1S/C18H30BNSi/c1-4-20-15-14-18(19(20)16-10-6-5-7-11-16)21(2,3)17-12-8-9-13-17/h5-7,10-11,17-18H,4,8-9,12-15H2,1-3H3. The molecule has 2 fully saturated rings. The molecule has 1 aliphatic heterocycles. The second-order valence-corrected chi connectivity index (χ2v) is 12.9. The third kappa shape index (κ3) is 2.87. The molecule has 1 heterocycles. The van der Waals surface area contributed by atoms with E-state index in [9.17, 15) is 0 Å². The summed E-state index contributed by atoms with van der Waals surface area (Å²) in [5.74, 6) is 0. The number of hydrogen-bond donors (Lipinski definition) is 0. The smallest absolute Gasteiger partial charge is 0.258 e. The monoisotopic (exact) mass is 299 g/mol. The lowest BCUT2D eigenvalue weighted by Gasteiger charge is -2.39. The first-order chi connectivity index (χ1) is 10.1. The van der Waals surface area contributed by atoms with Crippen molar-refractivity contribution in [1.82, 2.24) is 4.81 Å². The Labute approximate surface area is 132 Å². The van der Waals surface area contributed by atoms with E-state index in [0.717, 1.165) is 11.0 Å². The molecule has 1 aromatic carbocycles. The maximum atomic E-state index is 2.74. The third-order valence-corrected chi connectivity index (χ3v) is 11.6. The van der Waals surface area contributed by atoms with Crippen LogP contribution in [0.2, 0.25) is 24.1 Å². The van der Waals surface area contributed by atoms with E-state index in [0.29, 0.717) is 6.85 Å². The molecule has 3 rings (SSSR count). The summed E-state index contributed by atoms with van der Waals surface area (Å²) < 4.78 is 0. The largest absolute Gasteiger partial charge is 0.338 e. The van der Waals surface area contributed by atoms with Crippen LogP contribution < -0.4 is 5.46 Å². The summed E-state index contributed by atoms with van der Waals surface area (Å²) in [7, 11) is -1.18. The molecule has 0 aromatic heterocycles. The number of benzene rings is 1. The first kappa shape index (κ1) is 15.4. The Morgan fingerprint density at radius 2 is 1.76 bits per heavy atom. The van der Waals surface area contributed by atoms with Crippen molar-refractivity contribution in [1.29, 1.82) is 0 Å². The van der Waals surface area contributed by atoms with Gasteiger partial charge in [-0.25, -0.2) is 0 Å². The fourth-order valence-corrected chi connectivity index (χ4v) is 9.65. The van der Waals surface area contributed by atoms with Crippen LogP contribution in [0.3, 0.4) is 0 Å². The predicted molar refractivity (Wildman–Crippen MR) is 97.1 cm³/mol. The molecule has 1 aromatic rings. The van der Waals surface area contributed by atoms with Gasteiger partial charge in [-0.15, -0.1) is 0 Å². The maximum absolute atomic E-state index is 2.74. The minimum absolute atomic E-state index is 0.693. The average molecular weight is 299 g/mol. The van der Waals surface area contributed by atoms with Crippen molar-refractivity contribution in [2.45, 2.75) is 63.1 Å². The van der Waals surface area contributed by atoms with Crippen molar-refractivity contribution in [2.75, 3.05) is 13.1 Å². The van der Waals surface area contributed by atoms with Crippen LogP contribution in [0.1, 0.15) is 39.0 Å². The van der Waals surface area contributed by atoms with Gasteiger partial charge in [0.15, 0.2) is 0 Å². The molecule has 1 saturated carbocycles. The van der Waals surface area contributed by atoms with Crippen LogP contribution in [0.15, 0.2) is 30.3 Å². The molecule has 21 heavy (non-hydrogen) atoms. The van der Waals surface area contributed by atoms with Crippen LogP contribution in [0.25, 0.3) is 0 Å². The van der Waals surface area contributed by atoms with Gasteiger partial charge in [-0.05, 0) is 30.5 Å². The van der Waals surface area contributed by atoms with Gasteiger partial charge in [0.25, 0.3) is 6.85 Å². The molecule has 1 aliphatic carbocycles. The minimum atomic E-state index is -1.18. The lowest BCUT2D eigenvalue weighted by molar-refractivity contribution is 0.495. The Balaban J connectivity index is 1.89. The predicted octanol–water partition coefficient (Wildman–Crippen LogP) is 4.17. The minimum Gasteiger partial charge on any atom is -0.338 e. The number of rotatable bonds is 4. The van der Waals surface area contributed by atoms with E-state index in [4.69, 9.17) is 0 Å². The van der Waals surface area contributed by atoms with E-state index < -0.39 is 8.07 Å². The zero-order valence-electron chi connectivity index (χ0n) is 14.0. The van der Waals surface area contributed by atoms with Crippen LogP contribution in [0.5, 0.6) is 0 Å². The van der Waals surface area contributed by atoms with Gasteiger partial charge in [-0.3, -0.25) is 0 Å². The molecule has 2 aliphatic rings. The SMILES string of the molecule is CCN1CCC([Si](C)(C)C2CCCC2)B1c1ccccc1. The molecule has 3 heteroatoms. The molecule has 1 saturated heterocycles. The van der Waals surface area contributed by atoms with Gasteiger partial charge in [-0.1, -0.05) is 81.5 Å². The van der Waals surface area contributed by atoms with Crippen LogP contribution >= 0.6 is 0 Å².